The average Bonchev–Trinajstić information content (AvgIpc) is 3.00. The first-order valence-electron chi connectivity index (χ1n) is 8.16. The minimum Gasteiger partial charge on any atom is -0.291 e. The van der Waals surface area contributed by atoms with Gasteiger partial charge < -0.3 is 0 Å². The summed E-state index contributed by atoms with van der Waals surface area (Å²) in [5.74, 6) is 0. The molecule has 0 radical (unpaired) electrons. The van der Waals surface area contributed by atoms with Crippen LogP contribution in [0.25, 0.3) is 5.69 Å². The average molecular weight is 352 g/mol. The molecule has 1 aliphatic rings. The van der Waals surface area contributed by atoms with Crippen molar-refractivity contribution in [3.63, 3.8) is 0 Å². The smallest absolute Gasteiger partial charge is 0.287 e. The van der Waals surface area contributed by atoms with Gasteiger partial charge in [-0.1, -0.05) is 18.2 Å². The molecule has 1 aromatic carbocycles. The van der Waals surface area contributed by atoms with Gasteiger partial charge in [0.05, 0.1) is 10.6 Å². The highest BCUT2D eigenvalue weighted by Gasteiger charge is 2.22. The van der Waals surface area contributed by atoms with E-state index < -0.39 is 4.92 Å². The minimum atomic E-state index is -0.439. The maximum absolute atomic E-state index is 10.8. The second-order valence-electron chi connectivity index (χ2n) is 5.88. The molecule has 0 N–H and O–H groups in total. The number of fused-ring (bicyclic) bond motifs is 1. The van der Waals surface area contributed by atoms with Crippen molar-refractivity contribution in [3.05, 3.63) is 70.2 Å². The Labute approximate surface area is 149 Å². The second-order valence-corrected chi connectivity index (χ2v) is 6.87. The molecule has 0 atom stereocenters. The molecule has 0 fully saturated rings. The Balaban J connectivity index is 1.74. The van der Waals surface area contributed by atoms with E-state index in [1.54, 1.807) is 6.07 Å². The summed E-state index contributed by atoms with van der Waals surface area (Å²) in [6.45, 7) is 0. The van der Waals surface area contributed by atoms with Gasteiger partial charge in [-0.15, -0.1) is 0 Å². The van der Waals surface area contributed by atoms with Crippen molar-refractivity contribution in [1.82, 2.24) is 14.5 Å². The number of pyridine rings is 1. The Morgan fingerprint density at radius 2 is 1.88 bits per heavy atom. The van der Waals surface area contributed by atoms with Gasteiger partial charge in [-0.25, -0.2) is 9.97 Å². The second kappa shape index (κ2) is 6.68. The summed E-state index contributed by atoms with van der Waals surface area (Å²) >= 11 is 1.44. The van der Waals surface area contributed by atoms with Gasteiger partial charge in [0, 0.05) is 17.4 Å². The van der Waals surface area contributed by atoms with Crippen LogP contribution in [0.2, 0.25) is 0 Å². The standard InChI is InChI=1S/C18H16N4O2S/c23-22(24)14-10-11-17(19-12-14)25-18-20-15-8-4-5-9-16(15)21(18)13-6-2-1-3-7-13/h1-3,6-7,10-12H,4-5,8-9H2. The SMILES string of the molecule is O=[N+]([O-])c1ccc(Sc2nc3c(n2-c2ccccc2)CCCC3)nc1. The highest BCUT2D eigenvalue weighted by molar-refractivity contribution is 7.99. The van der Waals surface area contributed by atoms with Gasteiger partial charge >= 0.3 is 0 Å². The maximum atomic E-state index is 10.8. The summed E-state index contributed by atoms with van der Waals surface area (Å²) in [5, 5.41) is 12.3. The molecule has 0 bridgehead atoms. The van der Waals surface area contributed by atoms with Crippen LogP contribution in [-0.4, -0.2) is 19.5 Å². The third-order valence-corrected chi connectivity index (χ3v) is 5.15. The lowest BCUT2D eigenvalue weighted by molar-refractivity contribution is -0.385. The fraction of sp³-hybridized carbons (Fsp3) is 0.222. The molecular weight excluding hydrogens is 336 g/mol. The Hall–Kier alpha value is -2.67. The summed E-state index contributed by atoms with van der Waals surface area (Å²) in [4.78, 5) is 19.4. The lowest BCUT2D eigenvalue weighted by Gasteiger charge is -2.15. The van der Waals surface area contributed by atoms with Crippen LogP contribution in [0, 0.1) is 10.1 Å². The molecular formula is C18H16N4O2S. The minimum absolute atomic E-state index is 0.00459. The number of hydrogen-bond acceptors (Lipinski definition) is 5. The fourth-order valence-electron chi connectivity index (χ4n) is 3.06. The van der Waals surface area contributed by atoms with Gasteiger partial charge in [-0.05, 0) is 55.6 Å². The van der Waals surface area contributed by atoms with E-state index >= 15 is 0 Å². The van der Waals surface area contributed by atoms with Gasteiger partial charge in [-0.3, -0.25) is 14.7 Å². The molecule has 0 saturated heterocycles. The third kappa shape index (κ3) is 3.15. The Bertz CT molecular complexity index is 907. The molecule has 2 aromatic heterocycles. The van der Waals surface area contributed by atoms with Gasteiger partial charge in [0.1, 0.15) is 11.2 Å². The van der Waals surface area contributed by atoms with Crippen molar-refractivity contribution in [2.75, 3.05) is 0 Å². The first kappa shape index (κ1) is 15.8. The van der Waals surface area contributed by atoms with Crippen LogP contribution in [0.1, 0.15) is 24.2 Å². The molecule has 7 heteroatoms. The maximum Gasteiger partial charge on any atom is 0.287 e. The quantitative estimate of drug-likeness (QED) is 0.519. The molecule has 3 aromatic rings. The van der Waals surface area contributed by atoms with E-state index in [-0.39, 0.29) is 5.69 Å². The Morgan fingerprint density at radius 3 is 2.60 bits per heavy atom. The van der Waals surface area contributed by atoms with Gasteiger partial charge in [-0.2, -0.15) is 0 Å². The number of rotatable bonds is 4. The largest absolute Gasteiger partial charge is 0.291 e. The number of para-hydroxylation sites is 1. The van der Waals surface area contributed by atoms with Crippen molar-refractivity contribution in [2.45, 2.75) is 35.9 Å². The van der Waals surface area contributed by atoms with E-state index in [9.17, 15) is 10.1 Å². The predicted octanol–water partition coefficient (Wildman–Crippen LogP) is 4.21. The summed E-state index contributed by atoms with van der Waals surface area (Å²) in [6.07, 6.45) is 5.64. The van der Waals surface area contributed by atoms with Crippen LogP contribution in [0.15, 0.2) is 58.8 Å². The van der Waals surface area contributed by atoms with Gasteiger partial charge in [0.25, 0.3) is 5.69 Å². The van der Waals surface area contributed by atoms with E-state index in [0.29, 0.717) is 5.03 Å². The van der Waals surface area contributed by atoms with E-state index in [1.807, 2.05) is 18.2 Å². The number of aromatic nitrogens is 3. The van der Waals surface area contributed by atoms with Crippen molar-refractivity contribution in [3.8, 4) is 5.69 Å². The van der Waals surface area contributed by atoms with Crippen LogP contribution in [0.4, 0.5) is 5.69 Å². The van der Waals surface area contributed by atoms with E-state index in [1.165, 1.54) is 42.6 Å². The summed E-state index contributed by atoms with van der Waals surface area (Å²) in [7, 11) is 0. The van der Waals surface area contributed by atoms with Crippen LogP contribution in [0.5, 0.6) is 0 Å². The lowest BCUT2D eigenvalue weighted by Crippen LogP contribution is -2.07. The number of imidazole rings is 1. The zero-order valence-corrected chi connectivity index (χ0v) is 14.3. The summed E-state index contributed by atoms with van der Waals surface area (Å²) < 4.78 is 2.20. The van der Waals surface area contributed by atoms with Crippen LogP contribution >= 0.6 is 11.8 Å². The topological polar surface area (TPSA) is 73.8 Å². The van der Waals surface area contributed by atoms with Crippen molar-refractivity contribution >= 4 is 17.4 Å². The summed E-state index contributed by atoms with van der Waals surface area (Å²) in [5.41, 5.74) is 3.50. The normalized spacial score (nSPS) is 13.4. The number of benzene rings is 1. The zero-order chi connectivity index (χ0) is 17.2. The van der Waals surface area contributed by atoms with E-state index in [2.05, 4.69) is 21.7 Å². The highest BCUT2D eigenvalue weighted by Crippen LogP contribution is 2.33. The first-order valence-corrected chi connectivity index (χ1v) is 8.98. The lowest BCUT2D eigenvalue weighted by atomic mass is 10.0. The highest BCUT2D eigenvalue weighted by atomic mass is 32.2. The van der Waals surface area contributed by atoms with Gasteiger partial charge in [0.2, 0.25) is 0 Å². The van der Waals surface area contributed by atoms with Crippen molar-refractivity contribution in [1.29, 1.82) is 0 Å². The number of aryl methyl sites for hydroxylation is 1. The summed E-state index contributed by atoms with van der Waals surface area (Å²) in [6, 6.07) is 13.3. The predicted molar refractivity (Wildman–Crippen MR) is 95.2 cm³/mol. The van der Waals surface area contributed by atoms with E-state index in [0.717, 1.165) is 29.4 Å². The molecule has 0 unspecified atom stereocenters. The van der Waals surface area contributed by atoms with Crippen LogP contribution in [-0.2, 0) is 12.8 Å². The Morgan fingerprint density at radius 1 is 1.08 bits per heavy atom. The van der Waals surface area contributed by atoms with Gasteiger partial charge in [0.15, 0.2) is 5.16 Å². The molecule has 0 amide bonds. The molecule has 0 aliphatic heterocycles. The molecule has 1 aliphatic carbocycles. The zero-order valence-electron chi connectivity index (χ0n) is 13.5. The number of hydrogen-bond donors (Lipinski definition) is 0. The molecule has 126 valence electrons. The molecule has 6 nitrogen and oxygen atoms in total. The molecule has 0 spiro atoms. The van der Waals surface area contributed by atoms with Crippen LogP contribution < -0.4 is 0 Å². The third-order valence-electron chi connectivity index (χ3n) is 4.24. The van der Waals surface area contributed by atoms with E-state index in [4.69, 9.17) is 4.98 Å². The van der Waals surface area contributed by atoms with Crippen molar-refractivity contribution < 1.29 is 4.92 Å². The number of nitro groups is 1. The first-order chi connectivity index (χ1) is 12.2. The number of nitrogens with zero attached hydrogens (tertiary/aromatic N) is 4. The van der Waals surface area contributed by atoms with Crippen molar-refractivity contribution in [2.24, 2.45) is 0 Å². The molecule has 2 heterocycles. The van der Waals surface area contributed by atoms with Crippen LogP contribution in [0.3, 0.4) is 0 Å². The molecule has 25 heavy (non-hydrogen) atoms. The molecule has 0 saturated carbocycles. The molecule has 4 rings (SSSR count). The fourth-order valence-corrected chi connectivity index (χ4v) is 3.95. The monoisotopic (exact) mass is 352 g/mol. The Kier molecular flexibility index (Phi) is 4.23.